The first kappa shape index (κ1) is 9.39. The minimum atomic E-state index is -0.236. The molecule has 15 heavy (non-hydrogen) atoms. The Hall–Kier alpha value is -2.17. The molecule has 1 heterocycles. The van der Waals surface area contributed by atoms with Crippen molar-refractivity contribution in [2.75, 3.05) is 0 Å². The molecule has 0 spiro atoms. The second kappa shape index (κ2) is 3.20. The van der Waals surface area contributed by atoms with Gasteiger partial charge in [0.05, 0.1) is 5.69 Å². The Balaban J connectivity index is 2.64. The first-order chi connectivity index (χ1) is 7.08. The van der Waals surface area contributed by atoms with E-state index in [1.165, 1.54) is 22.9 Å². The minimum absolute atomic E-state index is 0.0169. The van der Waals surface area contributed by atoms with E-state index < -0.39 is 0 Å². The van der Waals surface area contributed by atoms with Crippen molar-refractivity contribution >= 4 is 0 Å². The number of hydrogen-bond donors (Lipinski definition) is 3. The zero-order valence-electron chi connectivity index (χ0n) is 8.06. The molecule has 0 aliphatic heterocycles. The van der Waals surface area contributed by atoms with Crippen LogP contribution < -0.4 is 5.56 Å². The van der Waals surface area contributed by atoms with Crippen molar-refractivity contribution in [3.8, 4) is 22.8 Å². The van der Waals surface area contributed by atoms with Crippen molar-refractivity contribution < 1.29 is 10.2 Å². The molecular formula is C10H10N2O3. The molecule has 5 heteroatoms. The van der Waals surface area contributed by atoms with E-state index in [9.17, 15) is 9.90 Å². The number of aromatic hydroxyl groups is 2. The van der Waals surface area contributed by atoms with Gasteiger partial charge in [-0.1, -0.05) is 0 Å². The van der Waals surface area contributed by atoms with Gasteiger partial charge < -0.3 is 10.2 Å². The Morgan fingerprint density at radius 1 is 1.27 bits per heavy atom. The van der Waals surface area contributed by atoms with Gasteiger partial charge in [-0.2, -0.15) is 0 Å². The third kappa shape index (κ3) is 1.59. The molecule has 5 nitrogen and oxygen atoms in total. The van der Waals surface area contributed by atoms with Crippen LogP contribution in [-0.4, -0.2) is 20.0 Å². The summed E-state index contributed by atoms with van der Waals surface area (Å²) in [6.07, 6.45) is 0. The van der Waals surface area contributed by atoms with Crippen molar-refractivity contribution in [2.24, 2.45) is 7.05 Å². The maximum absolute atomic E-state index is 11.1. The number of H-pyrrole nitrogens is 1. The highest BCUT2D eigenvalue weighted by Gasteiger charge is 2.09. The van der Waals surface area contributed by atoms with Crippen molar-refractivity contribution in [1.82, 2.24) is 9.78 Å². The molecule has 2 rings (SSSR count). The lowest BCUT2D eigenvalue weighted by Gasteiger charge is -2.05. The summed E-state index contributed by atoms with van der Waals surface area (Å²) in [5.74, 6) is -0.0821. The van der Waals surface area contributed by atoms with Gasteiger partial charge in [0.15, 0.2) is 0 Å². The van der Waals surface area contributed by atoms with Gasteiger partial charge in [-0.3, -0.25) is 14.6 Å². The highest BCUT2D eigenvalue weighted by Crippen LogP contribution is 2.30. The highest BCUT2D eigenvalue weighted by molar-refractivity contribution is 5.67. The molecule has 0 amide bonds. The molecule has 0 fully saturated rings. The number of rotatable bonds is 1. The van der Waals surface area contributed by atoms with E-state index in [1.54, 1.807) is 13.1 Å². The smallest absolute Gasteiger partial charge is 0.264 e. The highest BCUT2D eigenvalue weighted by atomic mass is 16.3. The van der Waals surface area contributed by atoms with Crippen LogP contribution in [0.4, 0.5) is 0 Å². The molecule has 78 valence electrons. The van der Waals surface area contributed by atoms with Crippen LogP contribution in [0.1, 0.15) is 0 Å². The summed E-state index contributed by atoms with van der Waals surface area (Å²) in [6.45, 7) is 0. The predicted molar refractivity (Wildman–Crippen MR) is 54.8 cm³/mol. The Morgan fingerprint density at radius 2 is 2.00 bits per heavy atom. The fourth-order valence-corrected chi connectivity index (χ4v) is 1.47. The van der Waals surface area contributed by atoms with Crippen LogP contribution in [-0.2, 0) is 7.05 Å². The number of nitrogens with one attached hydrogen (secondary N) is 1. The van der Waals surface area contributed by atoms with E-state index in [1.807, 2.05) is 0 Å². The fraction of sp³-hybridized carbons (Fsp3) is 0.100. The molecule has 0 atom stereocenters. The number of phenols is 2. The lowest BCUT2D eigenvalue weighted by molar-refractivity contribution is 0.451. The van der Waals surface area contributed by atoms with E-state index in [2.05, 4.69) is 5.10 Å². The molecule has 0 radical (unpaired) electrons. The van der Waals surface area contributed by atoms with E-state index in [4.69, 9.17) is 5.11 Å². The maximum atomic E-state index is 11.1. The first-order valence-electron chi connectivity index (χ1n) is 4.36. The molecule has 0 unspecified atom stereocenters. The Morgan fingerprint density at radius 3 is 2.53 bits per heavy atom. The maximum Gasteiger partial charge on any atom is 0.264 e. The van der Waals surface area contributed by atoms with Gasteiger partial charge in [0.25, 0.3) is 5.56 Å². The monoisotopic (exact) mass is 206 g/mol. The summed E-state index contributed by atoms with van der Waals surface area (Å²) >= 11 is 0. The normalized spacial score (nSPS) is 10.5. The SMILES string of the molecule is Cn1[nH]c(=O)cc1-c1ccc(O)cc1O. The summed E-state index contributed by atoms with van der Waals surface area (Å²) in [5.41, 5.74) is 0.825. The standard InChI is InChI=1S/C10H10N2O3/c1-12-8(5-10(15)11-12)7-3-2-6(13)4-9(7)14/h2-5,13-14H,1H3,(H,11,15). The second-order valence-electron chi connectivity index (χ2n) is 3.27. The van der Waals surface area contributed by atoms with Crippen LogP contribution in [0.3, 0.4) is 0 Å². The number of benzene rings is 1. The van der Waals surface area contributed by atoms with Crippen molar-refractivity contribution in [2.45, 2.75) is 0 Å². The van der Waals surface area contributed by atoms with Crippen LogP contribution in [0.15, 0.2) is 29.1 Å². The van der Waals surface area contributed by atoms with Gasteiger partial charge in [-0.15, -0.1) is 0 Å². The summed E-state index contributed by atoms with van der Waals surface area (Å²) in [5, 5.41) is 21.2. The van der Waals surface area contributed by atoms with Crippen LogP contribution in [0.5, 0.6) is 11.5 Å². The van der Waals surface area contributed by atoms with Crippen molar-refractivity contribution in [1.29, 1.82) is 0 Å². The number of aromatic nitrogens is 2. The lowest BCUT2D eigenvalue weighted by atomic mass is 10.1. The average molecular weight is 206 g/mol. The molecule has 2 aromatic rings. The molecule has 0 saturated heterocycles. The minimum Gasteiger partial charge on any atom is -0.508 e. The zero-order valence-corrected chi connectivity index (χ0v) is 8.06. The van der Waals surface area contributed by atoms with Crippen LogP contribution in [0.25, 0.3) is 11.3 Å². The first-order valence-corrected chi connectivity index (χ1v) is 4.36. The topological polar surface area (TPSA) is 78.2 Å². The van der Waals surface area contributed by atoms with Crippen LogP contribution >= 0.6 is 0 Å². The molecule has 0 aliphatic carbocycles. The Kier molecular flexibility index (Phi) is 2.00. The summed E-state index contributed by atoms with van der Waals surface area (Å²) < 4.78 is 1.51. The van der Waals surface area contributed by atoms with Gasteiger partial charge in [-0.25, -0.2) is 0 Å². The van der Waals surface area contributed by atoms with Crippen LogP contribution in [0, 0.1) is 0 Å². The number of hydrogen-bond acceptors (Lipinski definition) is 3. The molecule has 0 bridgehead atoms. The predicted octanol–water partition coefficient (Wildman–Crippen LogP) is 0.792. The summed E-state index contributed by atoms with van der Waals surface area (Å²) in [7, 11) is 1.67. The number of aromatic amines is 1. The van der Waals surface area contributed by atoms with Crippen molar-refractivity contribution in [3.05, 3.63) is 34.6 Å². The molecule has 0 saturated carbocycles. The van der Waals surface area contributed by atoms with E-state index >= 15 is 0 Å². The van der Waals surface area contributed by atoms with E-state index in [0.717, 1.165) is 0 Å². The molecule has 1 aromatic carbocycles. The molecule has 0 aliphatic rings. The van der Waals surface area contributed by atoms with Crippen LogP contribution in [0.2, 0.25) is 0 Å². The molecule has 3 N–H and O–H groups in total. The zero-order chi connectivity index (χ0) is 11.0. The van der Waals surface area contributed by atoms with E-state index in [0.29, 0.717) is 11.3 Å². The van der Waals surface area contributed by atoms with Gasteiger partial charge in [0, 0.05) is 24.7 Å². The Labute approximate surface area is 85.2 Å². The van der Waals surface area contributed by atoms with Gasteiger partial charge >= 0.3 is 0 Å². The van der Waals surface area contributed by atoms with Crippen molar-refractivity contribution in [3.63, 3.8) is 0 Å². The second-order valence-corrected chi connectivity index (χ2v) is 3.27. The summed E-state index contributed by atoms with van der Waals surface area (Å²) in [4.78, 5) is 11.1. The largest absolute Gasteiger partial charge is 0.508 e. The summed E-state index contributed by atoms with van der Waals surface area (Å²) in [6, 6.07) is 5.61. The fourth-order valence-electron chi connectivity index (χ4n) is 1.47. The van der Waals surface area contributed by atoms with Gasteiger partial charge in [0.2, 0.25) is 0 Å². The number of phenolic OH excluding ortho intramolecular Hbond substituents is 2. The van der Waals surface area contributed by atoms with E-state index in [-0.39, 0.29) is 17.1 Å². The molecule has 1 aromatic heterocycles. The lowest BCUT2D eigenvalue weighted by Crippen LogP contribution is -2.00. The average Bonchev–Trinajstić information content (AvgIpc) is 2.45. The third-order valence-corrected chi connectivity index (χ3v) is 2.16. The van der Waals surface area contributed by atoms with Gasteiger partial charge in [0.1, 0.15) is 11.5 Å². The van der Waals surface area contributed by atoms with Gasteiger partial charge in [-0.05, 0) is 12.1 Å². The number of nitrogens with zero attached hydrogens (tertiary/aromatic N) is 1. The number of aryl methyl sites for hydroxylation is 1. The third-order valence-electron chi connectivity index (χ3n) is 2.16. The Bertz CT molecular complexity index is 554. The molecular weight excluding hydrogens is 196 g/mol. The quantitative estimate of drug-likeness (QED) is 0.645.